The highest BCUT2D eigenvalue weighted by Gasteiger charge is 2.26. The second-order valence-electron chi connectivity index (χ2n) is 8.31. The maximum absolute atomic E-state index is 6.25. The van der Waals surface area contributed by atoms with Gasteiger partial charge in [0.1, 0.15) is 18.5 Å². The summed E-state index contributed by atoms with van der Waals surface area (Å²) in [5.74, 6) is 1.35. The van der Waals surface area contributed by atoms with Crippen LogP contribution in [-0.4, -0.2) is 29.3 Å². The Labute approximate surface area is 206 Å². The van der Waals surface area contributed by atoms with Crippen molar-refractivity contribution < 1.29 is 24.0 Å². The zero-order valence-electron chi connectivity index (χ0n) is 18.6. The van der Waals surface area contributed by atoms with Crippen molar-refractivity contribution in [3.05, 3.63) is 88.4 Å². The molecule has 1 saturated heterocycles. The van der Waals surface area contributed by atoms with Gasteiger partial charge < -0.3 is 24.4 Å². The number of rotatable bonds is 6. The fourth-order valence-electron chi connectivity index (χ4n) is 4.02. The van der Waals surface area contributed by atoms with Crippen LogP contribution >= 0.6 is 11.6 Å². The van der Waals surface area contributed by atoms with E-state index in [2.05, 4.69) is 15.3 Å². The van der Waals surface area contributed by atoms with Gasteiger partial charge in [-0.25, -0.2) is 0 Å². The fraction of sp³-hybridized carbons (Fsp3) is 0.231. The van der Waals surface area contributed by atoms with E-state index >= 15 is 0 Å². The molecule has 1 N–H and O–H groups in total. The van der Waals surface area contributed by atoms with E-state index in [0.29, 0.717) is 42.7 Å². The first-order valence-electron chi connectivity index (χ1n) is 11.3. The molecule has 3 heterocycles. The van der Waals surface area contributed by atoms with E-state index in [1.54, 1.807) is 6.07 Å². The lowest BCUT2D eigenvalue weighted by Crippen LogP contribution is -2.36. The average molecular weight is 492 g/mol. The minimum absolute atomic E-state index is 0.239. The topological polar surface area (TPSA) is 84.0 Å². The van der Waals surface area contributed by atoms with E-state index in [-0.39, 0.29) is 12.1 Å². The summed E-state index contributed by atoms with van der Waals surface area (Å²) >= 11 is 6.25. The van der Waals surface area contributed by atoms with Crippen LogP contribution in [0.3, 0.4) is 0 Å². The van der Waals surface area contributed by atoms with Gasteiger partial charge in [-0.15, -0.1) is 0 Å². The van der Waals surface area contributed by atoms with Crippen molar-refractivity contribution in [3.63, 3.8) is 0 Å². The van der Waals surface area contributed by atoms with Gasteiger partial charge in [0.05, 0.1) is 18.7 Å². The number of hydrogen-bond acceptors (Lipinski definition) is 8. The number of fused-ring (bicyclic) bond motifs is 2. The molecular formula is C26H22ClN3O5. The molecule has 2 aliphatic rings. The Hall–Kier alpha value is -3.43. The Bertz CT molecular complexity index is 1350. The molecule has 6 rings (SSSR count). The molecule has 1 fully saturated rings. The van der Waals surface area contributed by atoms with Crippen LogP contribution in [-0.2, 0) is 27.5 Å². The van der Waals surface area contributed by atoms with Gasteiger partial charge in [0.25, 0.3) is 0 Å². The molecule has 35 heavy (non-hydrogen) atoms. The molecule has 0 bridgehead atoms. The number of anilines is 1. The van der Waals surface area contributed by atoms with E-state index in [9.17, 15) is 0 Å². The highest BCUT2D eigenvalue weighted by molar-refractivity contribution is 6.31. The Morgan fingerprint density at radius 3 is 2.69 bits per heavy atom. The Kier molecular flexibility index (Phi) is 6.10. The van der Waals surface area contributed by atoms with Crippen LogP contribution in [0.25, 0.3) is 10.9 Å². The summed E-state index contributed by atoms with van der Waals surface area (Å²) in [4.78, 5) is 19.4. The molecule has 8 nitrogen and oxygen atoms in total. The Morgan fingerprint density at radius 1 is 0.971 bits per heavy atom. The molecule has 0 spiro atoms. The summed E-state index contributed by atoms with van der Waals surface area (Å²) in [6.07, 6.45) is -0.740. The van der Waals surface area contributed by atoms with Gasteiger partial charge in [-0.2, -0.15) is 14.9 Å². The quantitative estimate of drug-likeness (QED) is 0.368. The molecule has 1 aromatic heterocycles. The van der Waals surface area contributed by atoms with Gasteiger partial charge in [0.15, 0.2) is 12.0 Å². The van der Waals surface area contributed by atoms with Crippen LogP contribution in [0.15, 0.2) is 66.7 Å². The van der Waals surface area contributed by atoms with E-state index in [0.717, 1.165) is 27.8 Å². The molecule has 0 atom stereocenters. The van der Waals surface area contributed by atoms with Gasteiger partial charge in [-0.3, -0.25) is 0 Å². The van der Waals surface area contributed by atoms with Crippen LogP contribution in [0.5, 0.6) is 11.8 Å². The van der Waals surface area contributed by atoms with E-state index in [1.807, 2.05) is 60.7 Å². The molecule has 4 aromatic rings. The van der Waals surface area contributed by atoms with Gasteiger partial charge in [-0.1, -0.05) is 54.1 Å². The summed E-state index contributed by atoms with van der Waals surface area (Å²) in [7, 11) is 0. The summed E-state index contributed by atoms with van der Waals surface area (Å²) in [6, 6.07) is 21.5. The summed E-state index contributed by atoms with van der Waals surface area (Å²) in [5.41, 5.74) is 3.73. The first kappa shape index (κ1) is 22.1. The number of ether oxygens (including phenoxy) is 3. The number of benzene rings is 3. The molecule has 0 aliphatic carbocycles. The first-order valence-corrected chi connectivity index (χ1v) is 11.7. The zero-order valence-corrected chi connectivity index (χ0v) is 19.4. The first-order chi connectivity index (χ1) is 17.2. The lowest BCUT2D eigenvalue weighted by Gasteiger charge is -2.29. The Balaban J connectivity index is 1.19. The minimum Gasteiger partial charge on any atom is -0.455 e. The predicted octanol–water partition coefficient (Wildman–Crippen LogP) is 5.21. The summed E-state index contributed by atoms with van der Waals surface area (Å²) in [5, 5.41) is 4.78. The van der Waals surface area contributed by atoms with Crippen molar-refractivity contribution in [1.29, 1.82) is 0 Å². The number of nitrogens with one attached hydrogen (secondary N) is 1. The summed E-state index contributed by atoms with van der Waals surface area (Å²) < 4.78 is 17.8. The number of hydrogen-bond donors (Lipinski definition) is 1. The molecule has 3 aromatic carbocycles. The maximum Gasteiger partial charge on any atom is 0.319 e. The third-order valence-electron chi connectivity index (χ3n) is 5.80. The summed E-state index contributed by atoms with van der Waals surface area (Å²) in [6.45, 7) is 1.70. The Morgan fingerprint density at radius 2 is 1.83 bits per heavy atom. The normalized spacial score (nSPS) is 19.2. The number of nitrogens with zero attached hydrogens (tertiary/aromatic N) is 2. The molecule has 2 aliphatic heterocycles. The zero-order chi connectivity index (χ0) is 23.6. The van der Waals surface area contributed by atoms with Crippen molar-refractivity contribution in [2.75, 3.05) is 18.5 Å². The molecule has 9 heteroatoms. The maximum atomic E-state index is 6.25. The van der Waals surface area contributed by atoms with Crippen molar-refractivity contribution in [2.24, 2.45) is 0 Å². The highest BCUT2D eigenvalue weighted by Crippen LogP contribution is 2.30. The lowest BCUT2D eigenvalue weighted by atomic mass is 10.1. The third-order valence-corrected chi connectivity index (χ3v) is 6.04. The monoisotopic (exact) mass is 491 g/mol. The molecular weight excluding hydrogens is 470 g/mol. The third kappa shape index (κ3) is 4.87. The average Bonchev–Trinajstić information content (AvgIpc) is 3.37. The van der Waals surface area contributed by atoms with Crippen LogP contribution in [0, 0.1) is 0 Å². The van der Waals surface area contributed by atoms with Crippen LogP contribution in [0.2, 0.25) is 5.02 Å². The van der Waals surface area contributed by atoms with Gasteiger partial charge in [0.2, 0.25) is 0 Å². The second kappa shape index (κ2) is 9.67. The standard InChI is InChI=1S/C26H22ClN3O5/c27-19-8-9-22-21(11-19)24(28-12-16-6-7-18-13-33-35-23(18)10-16)30-26(29-22)34-20-14-31-25(32-15-20)17-4-2-1-3-5-17/h1-11,20,25H,12-15H2,(H,28,29,30). The number of halogens is 1. The van der Waals surface area contributed by atoms with Crippen LogP contribution in [0.1, 0.15) is 23.0 Å². The molecule has 0 unspecified atom stereocenters. The van der Waals surface area contributed by atoms with Gasteiger partial charge in [0, 0.05) is 28.1 Å². The molecule has 0 saturated carbocycles. The number of aromatic nitrogens is 2. The van der Waals surface area contributed by atoms with E-state index < -0.39 is 6.29 Å². The van der Waals surface area contributed by atoms with Crippen LogP contribution < -0.4 is 14.9 Å². The van der Waals surface area contributed by atoms with E-state index in [1.165, 1.54) is 0 Å². The highest BCUT2D eigenvalue weighted by atomic mass is 35.5. The molecule has 0 radical (unpaired) electrons. The smallest absolute Gasteiger partial charge is 0.319 e. The van der Waals surface area contributed by atoms with Crippen molar-refractivity contribution in [1.82, 2.24) is 9.97 Å². The van der Waals surface area contributed by atoms with Crippen molar-refractivity contribution in [2.45, 2.75) is 25.5 Å². The van der Waals surface area contributed by atoms with Gasteiger partial charge in [-0.05, 0) is 29.8 Å². The van der Waals surface area contributed by atoms with Gasteiger partial charge >= 0.3 is 6.01 Å². The fourth-order valence-corrected chi connectivity index (χ4v) is 4.19. The molecule has 178 valence electrons. The lowest BCUT2D eigenvalue weighted by molar-refractivity contribution is -0.216. The molecule has 0 amide bonds. The minimum atomic E-state index is -0.408. The predicted molar refractivity (Wildman–Crippen MR) is 129 cm³/mol. The van der Waals surface area contributed by atoms with Crippen molar-refractivity contribution >= 4 is 28.3 Å². The second-order valence-corrected chi connectivity index (χ2v) is 8.74. The van der Waals surface area contributed by atoms with E-state index in [4.69, 9.17) is 35.6 Å². The largest absolute Gasteiger partial charge is 0.455 e. The van der Waals surface area contributed by atoms with Crippen LogP contribution in [0.4, 0.5) is 5.82 Å². The SMILES string of the molecule is Clc1ccc2nc(OC3COC(c4ccccc4)OC3)nc(NCc3ccc4c(c3)OOC4)c2c1. The van der Waals surface area contributed by atoms with Crippen molar-refractivity contribution in [3.8, 4) is 11.8 Å².